The number of rotatable bonds is 7. The Hall–Kier alpha value is -0.160. The quantitative estimate of drug-likeness (QED) is 0.695. The van der Waals surface area contributed by atoms with E-state index in [0.717, 1.165) is 26.1 Å². The highest BCUT2D eigenvalue weighted by atomic mass is 16.5. The van der Waals surface area contributed by atoms with Gasteiger partial charge in [-0.1, -0.05) is 0 Å². The Labute approximate surface area is 112 Å². The van der Waals surface area contributed by atoms with Gasteiger partial charge in [0.15, 0.2) is 0 Å². The van der Waals surface area contributed by atoms with Gasteiger partial charge in [0.05, 0.1) is 0 Å². The zero-order valence-corrected chi connectivity index (χ0v) is 12.6. The molecule has 1 aliphatic rings. The fourth-order valence-corrected chi connectivity index (χ4v) is 2.88. The lowest BCUT2D eigenvalue weighted by Gasteiger charge is -2.48. The standard InChI is InChI=1S/C14H31N3O/c1-13(2)17-9-6-14(12-15,7-10-17)16(3)8-5-11-18-4/h13H,5-12,15H2,1-4H3. The molecule has 0 saturated carbocycles. The highest BCUT2D eigenvalue weighted by molar-refractivity contribution is 4.95. The van der Waals surface area contributed by atoms with Crippen LogP contribution in [0.5, 0.6) is 0 Å². The number of hydrogen-bond acceptors (Lipinski definition) is 4. The summed E-state index contributed by atoms with van der Waals surface area (Å²) < 4.78 is 5.13. The first-order valence-corrected chi connectivity index (χ1v) is 7.20. The molecule has 4 heteroatoms. The fourth-order valence-electron chi connectivity index (χ4n) is 2.88. The second kappa shape index (κ2) is 7.43. The topological polar surface area (TPSA) is 41.7 Å². The molecule has 1 saturated heterocycles. The summed E-state index contributed by atoms with van der Waals surface area (Å²) in [7, 11) is 3.98. The molecule has 0 aromatic carbocycles. The predicted molar refractivity (Wildman–Crippen MR) is 76.9 cm³/mol. The first-order chi connectivity index (χ1) is 8.55. The highest BCUT2D eigenvalue weighted by Crippen LogP contribution is 2.28. The fraction of sp³-hybridized carbons (Fsp3) is 1.00. The van der Waals surface area contributed by atoms with Gasteiger partial charge in [0.1, 0.15) is 0 Å². The average molecular weight is 257 g/mol. The number of likely N-dealkylation sites (tertiary alicyclic amines) is 1. The monoisotopic (exact) mass is 257 g/mol. The van der Waals surface area contributed by atoms with Crippen LogP contribution in [0.15, 0.2) is 0 Å². The summed E-state index contributed by atoms with van der Waals surface area (Å²) in [5, 5.41) is 0. The first kappa shape index (κ1) is 15.9. The number of piperidine rings is 1. The Bertz CT molecular complexity index is 225. The number of nitrogens with zero attached hydrogens (tertiary/aromatic N) is 2. The van der Waals surface area contributed by atoms with Crippen molar-refractivity contribution < 1.29 is 4.74 Å². The van der Waals surface area contributed by atoms with Gasteiger partial charge in [-0.15, -0.1) is 0 Å². The van der Waals surface area contributed by atoms with Crippen LogP contribution in [0.2, 0.25) is 0 Å². The van der Waals surface area contributed by atoms with E-state index >= 15 is 0 Å². The molecule has 2 N–H and O–H groups in total. The summed E-state index contributed by atoms with van der Waals surface area (Å²) in [5.74, 6) is 0. The molecule has 0 aliphatic carbocycles. The van der Waals surface area contributed by atoms with Crippen molar-refractivity contribution in [1.29, 1.82) is 0 Å². The van der Waals surface area contributed by atoms with Crippen molar-refractivity contribution in [2.24, 2.45) is 5.73 Å². The largest absolute Gasteiger partial charge is 0.385 e. The highest BCUT2D eigenvalue weighted by Gasteiger charge is 2.37. The summed E-state index contributed by atoms with van der Waals surface area (Å²) >= 11 is 0. The lowest BCUT2D eigenvalue weighted by molar-refractivity contribution is 0.0298. The minimum absolute atomic E-state index is 0.207. The number of ether oxygens (including phenoxy) is 1. The van der Waals surface area contributed by atoms with Crippen LogP contribution in [0, 0.1) is 0 Å². The van der Waals surface area contributed by atoms with Gasteiger partial charge in [0.25, 0.3) is 0 Å². The van der Waals surface area contributed by atoms with Gasteiger partial charge in [-0.25, -0.2) is 0 Å². The van der Waals surface area contributed by atoms with Crippen LogP contribution in [0.3, 0.4) is 0 Å². The molecule has 18 heavy (non-hydrogen) atoms. The molecule has 1 heterocycles. The Morgan fingerprint density at radius 1 is 1.33 bits per heavy atom. The Morgan fingerprint density at radius 3 is 2.39 bits per heavy atom. The summed E-state index contributed by atoms with van der Waals surface area (Å²) in [6.07, 6.45) is 3.46. The first-order valence-electron chi connectivity index (χ1n) is 7.20. The van der Waals surface area contributed by atoms with E-state index in [-0.39, 0.29) is 5.54 Å². The molecule has 0 atom stereocenters. The molecule has 0 aromatic rings. The van der Waals surface area contributed by atoms with Crippen LogP contribution in [-0.2, 0) is 4.74 Å². The van der Waals surface area contributed by atoms with Gasteiger partial charge in [-0.3, -0.25) is 4.90 Å². The molecule has 0 amide bonds. The summed E-state index contributed by atoms with van der Waals surface area (Å²) in [4.78, 5) is 5.01. The van der Waals surface area contributed by atoms with Gasteiger partial charge in [0.2, 0.25) is 0 Å². The van der Waals surface area contributed by atoms with Crippen molar-refractivity contribution in [3.63, 3.8) is 0 Å². The maximum absolute atomic E-state index is 6.07. The summed E-state index contributed by atoms with van der Waals surface area (Å²) in [6, 6.07) is 0.652. The van der Waals surface area contributed by atoms with Crippen LogP contribution in [0.25, 0.3) is 0 Å². The SMILES string of the molecule is COCCCN(C)C1(CN)CCN(C(C)C)CC1. The average Bonchev–Trinajstić information content (AvgIpc) is 2.38. The van der Waals surface area contributed by atoms with Crippen molar-refractivity contribution >= 4 is 0 Å². The lowest BCUT2D eigenvalue weighted by Crippen LogP contribution is -2.59. The van der Waals surface area contributed by atoms with E-state index in [2.05, 4.69) is 30.7 Å². The molecule has 1 fully saturated rings. The molecule has 1 rings (SSSR count). The van der Waals surface area contributed by atoms with Crippen LogP contribution in [0.1, 0.15) is 33.1 Å². The van der Waals surface area contributed by atoms with Crippen molar-refractivity contribution in [2.75, 3.05) is 46.9 Å². The third kappa shape index (κ3) is 3.92. The lowest BCUT2D eigenvalue weighted by atomic mass is 9.85. The molecule has 1 aliphatic heterocycles. The maximum atomic E-state index is 6.07. The molecule has 0 unspecified atom stereocenters. The molecular formula is C14H31N3O. The van der Waals surface area contributed by atoms with Crippen LogP contribution >= 0.6 is 0 Å². The van der Waals surface area contributed by atoms with E-state index in [9.17, 15) is 0 Å². The Kier molecular flexibility index (Phi) is 6.57. The van der Waals surface area contributed by atoms with Gasteiger partial charge in [0, 0.05) is 51.5 Å². The molecular weight excluding hydrogens is 226 g/mol. The Morgan fingerprint density at radius 2 is 1.94 bits per heavy atom. The van der Waals surface area contributed by atoms with E-state index < -0.39 is 0 Å². The van der Waals surface area contributed by atoms with E-state index in [1.807, 2.05) is 0 Å². The van der Waals surface area contributed by atoms with Crippen molar-refractivity contribution in [3.8, 4) is 0 Å². The van der Waals surface area contributed by atoms with Crippen LogP contribution in [-0.4, -0.2) is 68.3 Å². The summed E-state index contributed by atoms with van der Waals surface area (Å²) in [5.41, 5.74) is 6.28. The molecule has 0 aromatic heterocycles. The maximum Gasteiger partial charge on any atom is 0.0474 e. The van der Waals surface area contributed by atoms with E-state index in [4.69, 9.17) is 10.5 Å². The molecule has 4 nitrogen and oxygen atoms in total. The molecule has 0 bridgehead atoms. The normalized spacial score (nSPS) is 20.8. The van der Waals surface area contributed by atoms with Gasteiger partial charge in [-0.2, -0.15) is 0 Å². The second-order valence-corrected chi connectivity index (χ2v) is 5.83. The number of hydrogen-bond donors (Lipinski definition) is 1. The van der Waals surface area contributed by atoms with Crippen molar-refractivity contribution in [2.45, 2.75) is 44.7 Å². The zero-order valence-electron chi connectivity index (χ0n) is 12.6. The molecule has 108 valence electrons. The van der Waals surface area contributed by atoms with Crippen LogP contribution < -0.4 is 5.73 Å². The Balaban J connectivity index is 2.48. The van der Waals surface area contributed by atoms with Crippen molar-refractivity contribution in [3.05, 3.63) is 0 Å². The molecule has 0 spiro atoms. The van der Waals surface area contributed by atoms with Crippen molar-refractivity contribution in [1.82, 2.24) is 9.80 Å². The summed E-state index contributed by atoms with van der Waals surface area (Å²) in [6.45, 7) is 9.57. The minimum atomic E-state index is 0.207. The third-order valence-electron chi connectivity index (χ3n) is 4.49. The van der Waals surface area contributed by atoms with Gasteiger partial charge < -0.3 is 15.4 Å². The molecule has 0 radical (unpaired) electrons. The van der Waals surface area contributed by atoms with Crippen LogP contribution in [0.4, 0.5) is 0 Å². The van der Waals surface area contributed by atoms with Gasteiger partial charge >= 0.3 is 0 Å². The van der Waals surface area contributed by atoms with E-state index in [1.165, 1.54) is 25.9 Å². The van der Waals surface area contributed by atoms with E-state index in [1.54, 1.807) is 7.11 Å². The van der Waals surface area contributed by atoms with Gasteiger partial charge in [-0.05, 0) is 40.2 Å². The number of likely N-dealkylation sites (N-methyl/N-ethyl adjacent to an activating group) is 1. The van der Waals surface area contributed by atoms with E-state index in [0.29, 0.717) is 6.04 Å². The number of nitrogens with two attached hydrogens (primary N) is 1. The second-order valence-electron chi connectivity index (χ2n) is 5.83. The third-order valence-corrected chi connectivity index (χ3v) is 4.49. The predicted octanol–water partition coefficient (Wildman–Crippen LogP) is 1.16. The zero-order chi connectivity index (χ0) is 13.6. The smallest absolute Gasteiger partial charge is 0.0474 e. The minimum Gasteiger partial charge on any atom is -0.385 e. The number of methoxy groups -OCH3 is 1.